The van der Waals surface area contributed by atoms with Crippen LogP contribution in [0.5, 0.6) is 0 Å². The molecule has 0 bridgehead atoms. The number of aryl methyl sites for hydroxylation is 1. The van der Waals surface area contributed by atoms with Crippen LogP contribution in [-0.4, -0.2) is 43.0 Å². The molecule has 1 heterocycles. The molecule has 0 aliphatic rings. The summed E-state index contributed by atoms with van der Waals surface area (Å²) in [5.74, 6) is 0.0218. The Balaban J connectivity index is 1.96. The van der Waals surface area contributed by atoms with Gasteiger partial charge in [-0.2, -0.15) is 0 Å². The molecule has 3 rings (SSSR count). The topological polar surface area (TPSA) is 36.4 Å². The van der Waals surface area contributed by atoms with Crippen molar-refractivity contribution in [1.82, 2.24) is 9.88 Å². The molecule has 0 radical (unpaired) electrons. The highest BCUT2D eigenvalue weighted by atomic mass is 127. The molecule has 6 heteroatoms. The van der Waals surface area contributed by atoms with Crippen molar-refractivity contribution in [2.45, 2.75) is 19.8 Å². The molecule has 0 aliphatic heterocycles. The number of benzene rings is 2. The van der Waals surface area contributed by atoms with Gasteiger partial charge in [-0.25, -0.2) is 4.98 Å². The number of carbonyl (C=O) groups excluding carboxylic acids is 1. The number of fused-ring (bicyclic) bond motifs is 1. The van der Waals surface area contributed by atoms with E-state index in [1.54, 1.807) is 11.3 Å². The van der Waals surface area contributed by atoms with Crippen LogP contribution in [0.15, 0.2) is 42.5 Å². The molecule has 0 N–H and O–H groups in total. The molecule has 0 saturated carbocycles. The van der Waals surface area contributed by atoms with Crippen LogP contribution in [-0.2, 0) is 6.42 Å². The first-order chi connectivity index (χ1) is 13.0. The monoisotopic (exact) mass is 493 g/mol. The Labute approximate surface area is 178 Å². The fourth-order valence-corrected chi connectivity index (χ4v) is 4.57. The minimum atomic E-state index is 0.0218. The Hall–Kier alpha value is -1.51. The number of aromatic nitrogens is 1. The van der Waals surface area contributed by atoms with E-state index in [-0.39, 0.29) is 5.91 Å². The number of carbonyl (C=O) groups is 1. The molecule has 142 valence electrons. The van der Waals surface area contributed by atoms with E-state index in [0.29, 0.717) is 6.54 Å². The largest absolute Gasteiger partial charge is 0.309 e. The third-order valence-corrected chi connectivity index (χ3v) is 6.40. The first-order valence-electron chi connectivity index (χ1n) is 9.10. The maximum Gasteiger partial charge on any atom is 0.261 e. The molecule has 0 atom stereocenters. The zero-order chi connectivity index (χ0) is 19.4. The van der Waals surface area contributed by atoms with Crippen molar-refractivity contribution in [2.75, 3.05) is 32.1 Å². The quantitative estimate of drug-likeness (QED) is 0.432. The van der Waals surface area contributed by atoms with Crippen LogP contribution in [0.25, 0.3) is 10.2 Å². The van der Waals surface area contributed by atoms with Crippen LogP contribution in [0.4, 0.5) is 5.13 Å². The molecule has 0 spiro atoms. The lowest BCUT2D eigenvalue weighted by atomic mass is 10.2. The van der Waals surface area contributed by atoms with Crippen LogP contribution in [0.2, 0.25) is 0 Å². The van der Waals surface area contributed by atoms with Crippen LogP contribution in [0.1, 0.15) is 29.3 Å². The highest BCUT2D eigenvalue weighted by Gasteiger charge is 2.22. The van der Waals surface area contributed by atoms with Gasteiger partial charge < -0.3 is 4.90 Å². The summed E-state index contributed by atoms with van der Waals surface area (Å²) in [6.07, 6.45) is 1.90. The van der Waals surface area contributed by atoms with Gasteiger partial charge in [0.05, 0.1) is 15.8 Å². The van der Waals surface area contributed by atoms with Crippen molar-refractivity contribution in [3.8, 4) is 0 Å². The first-order valence-corrected chi connectivity index (χ1v) is 11.0. The molecule has 0 aliphatic carbocycles. The summed E-state index contributed by atoms with van der Waals surface area (Å²) in [5, 5.41) is 0.779. The standard InChI is InChI=1S/C21H24IN3OS/c1-4-15-10-11-18-19(14-15)27-21(23-18)25(13-7-12-24(2)3)20(26)16-8-5-6-9-17(16)22/h5-6,8-11,14H,4,7,12-13H2,1-3H3. The summed E-state index contributed by atoms with van der Waals surface area (Å²) in [6.45, 7) is 3.74. The number of halogens is 1. The molecular formula is C21H24IN3OS. The van der Waals surface area contributed by atoms with Gasteiger partial charge >= 0.3 is 0 Å². The predicted molar refractivity (Wildman–Crippen MR) is 123 cm³/mol. The average molecular weight is 493 g/mol. The van der Waals surface area contributed by atoms with Crippen molar-refractivity contribution in [3.63, 3.8) is 0 Å². The summed E-state index contributed by atoms with van der Waals surface area (Å²) in [6, 6.07) is 14.1. The molecular weight excluding hydrogens is 469 g/mol. The Morgan fingerprint density at radius 3 is 2.63 bits per heavy atom. The molecule has 27 heavy (non-hydrogen) atoms. The third-order valence-electron chi connectivity index (χ3n) is 4.42. The lowest BCUT2D eigenvalue weighted by molar-refractivity contribution is 0.0985. The van der Waals surface area contributed by atoms with Gasteiger partial charge in [0.2, 0.25) is 0 Å². The van der Waals surface area contributed by atoms with Gasteiger partial charge in [-0.15, -0.1) is 0 Å². The van der Waals surface area contributed by atoms with E-state index >= 15 is 0 Å². The fraction of sp³-hybridized carbons (Fsp3) is 0.333. The van der Waals surface area contributed by atoms with Crippen molar-refractivity contribution in [2.24, 2.45) is 0 Å². The molecule has 1 aromatic heterocycles. The van der Waals surface area contributed by atoms with E-state index in [9.17, 15) is 4.79 Å². The molecule has 2 aromatic carbocycles. The summed E-state index contributed by atoms with van der Waals surface area (Å²) in [4.78, 5) is 22.1. The number of anilines is 1. The average Bonchev–Trinajstić information content (AvgIpc) is 3.07. The Bertz CT molecular complexity index is 938. The van der Waals surface area contributed by atoms with Gasteiger partial charge in [0.1, 0.15) is 0 Å². The van der Waals surface area contributed by atoms with Gasteiger partial charge in [0.15, 0.2) is 5.13 Å². The van der Waals surface area contributed by atoms with Gasteiger partial charge in [-0.05, 0) is 85.9 Å². The maximum absolute atomic E-state index is 13.3. The summed E-state index contributed by atoms with van der Waals surface area (Å²) < 4.78 is 2.10. The second-order valence-electron chi connectivity index (χ2n) is 6.75. The predicted octanol–water partition coefficient (Wildman–Crippen LogP) is 5.06. The first kappa shape index (κ1) is 20.2. The van der Waals surface area contributed by atoms with E-state index in [4.69, 9.17) is 4.98 Å². The number of thiazole rings is 1. The number of rotatable bonds is 7. The van der Waals surface area contributed by atoms with Gasteiger partial charge in [0.25, 0.3) is 5.91 Å². The van der Waals surface area contributed by atoms with Crippen molar-refractivity contribution < 1.29 is 4.79 Å². The zero-order valence-corrected chi connectivity index (χ0v) is 18.9. The van der Waals surface area contributed by atoms with E-state index in [1.165, 1.54) is 5.56 Å². The zero-order valence-electron chi connectivity index (χ0n) is 15.9. The maximum atomic E-state index is 13.3. The molecule has 0 saturated heterocycles. The molecule has 3 aromatic rings. The van der Waals surface area contributed by atoms with E-state index in [0.717, 1.165) is 43.9 Å². The number of hydrogen-bond acceptors (Lipinski definition) is 4. The molecule has 4 nitrogen and oxygen atoms in total. The molecule has 1 amide bonds. The molecule has 0 fully saturated rings. The molecule has 0 unspecified atom stereocenters. The van der Waals surface area contributed by atoms with Crippen LogP contribution in [0, 0.1) is 3.57 Å². The normalized spacial score (nSPS) is 11.3. The highest BCUT2D eigenvalue weighted by Crippen LogP contribution is 2.31. The number of nitrogens with zero attached hydrogens (tertiary/aromatic N) is 3. The summed E-state index contributed by atoms with van der Waals surface area (Å²) in [7, 11) is 4.10. The highest BCUT2D eigenvalue weighted by molar-refractivity contribution is 14.1. The van der Waals surface area contributed by atoms with Crippen molar-refractivity contribution in [3.05, 3.63) is 57.2 Å². The van der Waals surface area contributed by atoms with Gasteiger partial charge in [-0.3, -0.25) is 9.69 Å². The fourth-order valence-electron chi connectivity index (χ4n) is 2.90. The van der Waals surface area contributed by atoms with Crippen LogP contribution < -0.4 is 4.90 Å². The SMILES string of the molecule is CCc1ccc2nc(N(CCCN(C)C)C(=O)c3ccccc3I)sc2c1. The lowest BCUT2D eigenvalue weighted by Gasteiger charge is -2.21. The third kappa shape index (κ3) is 4.86. The van der Waals surface area contributed by atoms with Gasteiger partial charge in [-0.1, -0.05) is 36.5 Å². The van der Waals surface area contributed by atoms with E-state index in [2.05, 4.69) is 66.7 Å². The lowest BCUT2D eigenvalue weighted by Crippen LogP contribution is -2.33. The number of hydrogen-bond donors (Lipinski definition) is 0. The van der Waals surface area contributed by atoms with Crippen molar-refractivity contribution in [1.29, 1.82) is 0 Å². The van der Waals surface area contributed by atoms with E-state index < -0.39 is 0 Å². The second-order valence-corrected chi connectivity index (χ2v) is 8.92. The summed E-state index contributed by atoms with van der Waals surface area (Å²) >= 11 is 3.83. The van der Waals surface area contributed by atoms with Gasteiger partial charge in [0, 0.05) is 10.1 Å². The Morgan fingerprint density at radius 2 is 1.93 bits per heavy atom. The van der Waals surface area contributed by atoms with Crippen LogP contribution in [0.3, 0.4) is 0 Å². The van der Waals surface area contributed by atoms with E-state index in [1.807, 2.05) is 29.2 Å². The van der Waals surface area contributed by atoms with Crippen molar-refractivity contribution >= 4 is 55.2 Å². The minimum Gasteiger partial charge on any atom is -0.309 e. The van der Waals surface area contributed by atoms with Crippen LogP contribution >= 0.6 is 33.9 Å². The smallest absolute Gasteiger partial charge is 0.261 e. The Kier molecular flexibility index (Phi) is 6.83. The second kappa shape index (κ2) is 9.12. The Morgan fingerprint density at radius 1 is 1.15 bits per heavy atom. The minimum absolute atomic E-state index is 0.0218. The number of amides is 1. The summed E-state index contributed by atoms with van der Waals surface area (Å²) in [5.41, 5.74) is 2.98.